The van der Waals surface area contributed by atoms with Crippen LogP contribution in [0, 0.1) is 5.41 Å². The number of hydrogen-bond donors (Lipinski definition) is 3. The molecule has 7 nitrogen and oxygen atoms in total. The molecule has 0 aliphatic rings. The third-order valence-corrected chi connectivity index (χ3v) is 4.12. The van der Waals surface area contributed by atoms with Crippen LogP contribution >= 0.6 is 11.3 Å². The van der Waals surface area contributed by atoms with Crippen molar-refractivity contribution in [2.75, 3.05) is 5.32 Å². The van der Waals surface area contributed by atoms with Crippen LogP contribution in [-0.2, 0) is 29.0 Å². The van der Waals surface area contributed by atoms with E-state index in [1.807, 2.05) is 33.8 Å². The minimum absolute atomic E-state index is 0.0983. The van der Waals surface area contributed by atoms with Gasteiger partial charge in [-0.2, -0.15) is 5.10 Å². The molecule has 2 aromatic heterocycles. The third-order valence-electron chi connectivity index (χ3n) is 3.32. The fourth-order valence-electron chi connectivity index (χ4n) is 1.83. The fourth-order valence-corrected chi connectivity index (χ4v) is 2.54. The van der Waals surface area contributed by atoms with Crippen molar-refractivity contribution in [1.82, 2.24) is 20.5 Å². The van der Waals surface area contributed by atoms with Gasteiger partial charge in [-0.3, -0.25) is 14.7 Å². The summed E-state index contributed by atoms with van der Waals surface area (Å²) in [6.45, 7) is 7.94. The molecule has 8 heteroatoms. The topological polar surface area (TPSA) is 99.8 Å². The number of thiazole rings is 1. The van der Waals surface area contributed by atoms with E-state index in [4.69, 9.17) is 0 Å². The highest BCUT2D eigenvalue weighted by Gasteiger charge is 2.22. The number of aryl methyl sites for hydroxylation is 1. The maximum absolute atomic E-state index is 12.0. The summed E-state index contributed by atoms with van der Waals surface area (Å²) in [6.07, 6.45) is 1.03. The van der Waals surface area contributed by atoms with Crippen molar-refractivity contribution >= 4 is 28.3 Å². The summed E-state index contributed by atoms with van der Waals surface area (Å²) in [5, 5.41) is 14.9. The summed E-state index contributed by atoms with van der Waals surface area (Å²) in [4.78, 5) is 28.2. The molecular weight excluding hydrogens is 326 g/mol. The Kier molecular flexibility index (Phi) is 5.71. The molecular formula is C16H23N5O2S. The molecule has 0 aliphatic heterocycles. The first-order valence-corrected chi connectivity index (χ1v) is 8.71. The number of aromatic nitrogens is 3. The van der Waals surface area contributed by atoms with Crippen LogP contribution in [0.15, 0.2) is 11.4 Å². The molecule has 0 fully saturated rings. The van der Waals surface area contributed by atoms with E-state index in [-0.39, 0.29) is 18.2 Å². The minimum atomic E-state index is -0.482. The van der Waals surface area contributed by atoms with Crippen molar-refractivity contribution in [3.05, 3.63) is 28.5 Å². The summed E-state index contributed by atoms with van der Waals surface area (Å²) >= 11 is 1.32. The monoisotopic (exact) mass is 349 g/mol. The largest absolute Gasteiger partial charge is 0.350 e. The van der Waals surface area contributed by atoms with Crippen LogP contribution in [0.25, 0.3) is 0 Å². The molecule has 24 heavy (non-hydrogen) atoms. The van der Waals surface area contributed by atoms with Gasteiger partial charge in [0.15, 0.2) is 5.13 Å². The number of carbonyl (C=O) groups is 2. The Morgan fingerprint density at radius 1 is 1.29 bits per heavy atom. The molecule has 0 unspecified atom stereocenters. The van der Waals surface area contributed by atoms with Crippen LogP contribution in [0.3, 0.4) is 0 Å². The second-order valence-corrected chi connectivity index (χ2v) is 7.40. The fraction of sp³-hybridized carbons (Fsp3) is 0.500. The Morgan fingerprint density at radius 2 is 2.04 bits per heavy atom. The van der Waals surface area contributed by atoms with Gasteiger partial charge >= 0.3 is 0 Å². The Balaban J connectivity index is 1.83. The number of hydrogen-bond acceptors (Lipinski definition) is 5. The normalized spacial score (nSPS) is 11.3. The summed E-state index contributed by atoms with van der Waals surface area (Å²) in [5.74, 6) is -0.222. The second kappa shape index (κ2) is 7.57. The number of H-pyrrole nitrogens is 1. The molecule has 0 radical (unpaired) electrons. The number of aromatic amines is 1. The lowest BCUT2D eigenvalue weighted by atomic mass is 9.96. The quantitative estimate of drug-likeness (QED) is 0.745. The predicted molar refractivity (Wildman–Crippen MR) is 93.7 cm³/mol. The Hall–Kier alpha value is -2.22. The Morgan fingerprint density at radius 3 is 2.67 bits per heavy atom. The smallest absolute Gasteiger partial charge is 0.231 e. The summed E-state index contributed by atoms with van der Waals surface area (Å²) in [7, 11) is 0. The van der Waals surface area contributed by atoms with E-state index in [1.54, 1.807) is 5.38 Å². The number of carbonyl (C=O) groups excluding carboxylic acids is 2. The highest BCUT2D eigenvalue weighted by Crippen LogP contribution is 2.20. The van der Waals surface area contributed by atoms with Crippen molar-refractivity contribution in [2.24, 2.45) is 5.41 Å². The van der Waals surface area contributed by atoms with Crippen LogP contribution in [0.2, 0.25) is 0 Å². The zero-order valence-electron chi connectivity index (χ0n) is 14.4. The molecule has 3 N–H and O–H groups in total. The highest BCUT2D eigenvalue weighted by molar-refractivity contribution is 7.13. The van der Waals surface area contributed by atoms with Crippen molar-refractivity contribution in [3.63, 3.8) is 0 Å². The van der Waals surface area contributed by atoms with E-state index >= 15 is 0 Å². The molecule has 2 aromatic rings. The van der Waals surface area contributed by atoms with Gasteiger partial charge in [0.2, 0.25) is 11.8 Å². The zero-order valence-corrected chi connectivity index (χ0v) is 15.2. The second-order valence-electron chi connectivity index (χ2n) is 6.54. The molecule has 130 valence electrons. The molecule has 2 heterocycles. The first kappa shape index (κ1) is 18.1. The van der Waals surface area contributed by atoms with Crippen molar-refractivity contribution in [1.29, 1.82) is 0 Å². The van der Waals surface area contributed by atoms with Crippen molar-refractivity contribution in [2.45, 2.75) is 47.1 Å². The van der Waals surface area contributed by atoms with Gasteiger partial charge in [0, 0.05) is 10.8 Å². The molecule has 2 amide bonds. The minimum Gasteiger partial charge on any atom is -0.350 e. The molecule has 0 aliphatic carbocycles. The van der Waals surface area contributed by atoms with Gasteiger partial charge in [0.05, 0.1) is 30.0 Å². The maximum Gasteiger partial charge on any atom is 0.231 e. The maximum atomic E-state index is 12.0. The van der Waals surface area contributed by atoms with Gasteiger partial charge in [0.1, 0.15) is 0 Å². The van der Waals surface area contributed by atoms with E-state index < -0.39 is 5.41 Å². The van der Waals surface area contributed by atoms with Gasteiger partial charge in [-0.05, 0) is 12.5 Å². The van der Waals surface area contributed by atoms with Crippen LogP contribution in [0.4, 0.5) is 5.13 Å². The number of nitrogens with one attached hydrogen (secondary N) is 3. The molecule has 2 rings (SSSR count). The summed E-state index contributed by atoms with van der Waals surface area (Å²) in [6, 6.07) is 1.93. The number of rotatable bonds is 6. The van der Waals surface area contributed by atoms with Crippen LogP contribution in [0.5, 0.6) is 0 Å². The van der Waals surface area contributed by atoms with Gasteiger partial charge in [0.25, 0.3) is 0 Å². The van der Waals surface area contributed by atoms with Crippen molar-refractivity contribution in [3.8, 4) is 0 Å². The lowest BCUT2D eigenvalue weighted by Crippen LogP contribution is -2.27. The Bertz CT molecular complexity index is 714. The highest BCUT2D eigenvalue weighted by atomic mass is 32.1. The molecule has 0 saturated carbocycles. The van der Waals surface area contributed by atoms with E-state index in [9.17, 15) is 9.59 Å². The van der Waals surface area contributed by atoms with Crippen LogP contribution < -0.4 is 10.6 Å². The van der Waals surface area contributed by atoms with Crippen LogP contribution in [0.1, 0.15) is 44.8 Å². The lowest BCUT2D eigenvalue weighted by Gasteiger charge is -2.15. The van der Waals surface area contributed by atoms with Crippen LogP contribution in [-0.4, -0.2) is 27.0 Å². The molecule has 0 aromatic carbocycles. The predicted octanol–water partition coefficient (Wildman–Crippen LogP) is 2.27. The first-order valence-electron chi connectivity index (χ1n) is 7.83. The van der Waals surface area contributed by atoms with Gasteiger partial charge in [-0.25, -0.2) is 4.98 Å². The van der Waals surface area contributed by atoms with Crippen molar-refractivity contribution < 1.29 is 9.59 Å². The summed E-state index contributed by atoms with van der Waals surface area (Å²) < 4.78 is 0. The van der Waals surface area contributed by atoms with Gasteiger partial charge in [-0.15, -0.1) is 11.3 Å². The summed E-state index contributed by atoms with van der Waals surface area (Å²) in [5.41, 5.74) is 2.00. The van der Waals surface area contributed by atoms with E-state index in [1.165, 1.54) is 11.3 Å². The van der Waals surface area contributed by atoms with Gasteiger partial charge in [-0.1, -0.05) is 27.7 Å². The standard InChI is InChI=1S/C16H23N5O2S/c1-5-10-6-11(21-20-10)8-17-13(22)7-12-9-24-15(18-12)19-14(23)16(2,3)4/h6,9H,5,7-8H2,1-4H3,(H,17,22)(H,20,21)(H,18,19,23). The number of amides is 2. The lowest BCUT2D eigenvalue weighted by molar-refractivity contribution is -0.123. The average molecular weight is 349 g/mol. The molecule has 0 atom stereocenters. The van der Waals surface area contributed by atoms with Gasteiger partial charge < -0.3 is 10.6 Å². The Labute approximate surface area is 145 Å². The average Bonchev–Trinajstić information content (AvgIpc) is 3.13. The zero-order chi connectivity index (χ0) is 17.7. The molecule has 0 spiro atoms. The molecule has 0 saturated heterocycles. The van der Waals surface area contributed by atoms with E-state index in [0.29, 0.717) is 17.4 Å². The van der Waals surface area contributed by atoms with E-state index in [2.05, 4.69) is 25.8 Å². The first-order chi connectivity index (χ1) is 11.3. The third kappa shape index (κ3) is 5.16. The number of anilines is 1. The SMILES string of the molecule is CCc1cc(CNC(=O)Cc2csc(NC(=O)C(C)(C)C)n2)[nH]n1. The number of nitrogens with zero attached hydrogens (tertiary/aromatic N) is 2. The molecule has 0 bridgehead atoms. The van der Waals surface area contributed by atoms with E-state index in [0.717, 1.165) is 17.8 Å².